The summed E-state index contributed by atoms with van der Waals surface area (Å²) in [5.41, 5.74) is -2.02. The van der Waals surface area contributed by atoms with Gasteiger partial charge in [-0.3, -0.25) is 34.8 Å². The molecule has 4 aliphatic rings. The SMILES string of the molecule is O=C1NC(=O)C(c2ccc(Oc3ccc(OC(F)(F)F)cc3)cc2)(N2CC3(CN(CC4CCNCC4)CCO3)C2)C(=O)N1.O=CO. The van der Waals surface area contributed by atoms with E-state index in [1.54, 1.807) is 29.2 Å². The van der Waals surface area contributed by atoms with Crippen molar-refractivity contribution in [1.29, 1.82) is 0 Å². The van der Waals surface area contributed by atoms with Gasteiger partial charge in [-0.2, -0.15) is 0 Å². The minimum Gasteiger partial charge on any atom is -0.483 e. The zero-order valence-electron chi connectivity index (χ0n) is 24.7. The number of halogens is 3. The molecule has 0 aromatic heterocycles. The van der Waals surface area contributed by atoms with Crippen LogP contribution >= 0.6 is 0 Å². The number of urea groups is 1. The molecule has 0 unspecified atom stereocenters. The fourth-order valence-corrected chi connectivity index (χ4v) is 6.45. The minimum absolute atomic E-state index is 0.250. The molecule has 4 amide bonds. The first-order valence-corrected chi connectivity index (χ1v) is 14.7. The van der Waals surface area contributed by atoms with Gasteiger partial charge in [0.2, 0.25) is 5.54 Å². The summed E-state index contributed by atoms with van der Waals surface area (Å²) in [4.78, 5) is 51.4. The molecular formula is C30H34F3N5O8. The third-order valence-electron chi connectivity index (χ3n) is 8.41. The van der Waals surface area contributed by atoms with E-state index < -0.39 is 35.3 Å². The number of likely N-dealkylation sites (tertiary alicyclic amines) is 1. The number of amides is 4. The van der Waals surface area contributed by atoms with Crippen LogP contribution in [0.3, 0.4) is 0 Å². The van der Waals surface area contributed by atoms with Crippen LogP contribution in [0.4, 0.5) is 18.0 Å². The third kappa shape index (κ3) is 7.25. The highest BCUT2D eigenvalue weighted by atomic mass is 19.4. The first kappa shape index (κ1) is 33.1. The lowest BCUT2D eigenvalue weighted by molar-refractivity contribution is -0.274. The van der Waals surface area contributed by atoms with E-state index in [1.807, 2.05) is 0 Å². The number of benzene rings is 2. The molecule has 1 spiro atoms. The summed E-state index contributed by atoms with van der Waals surface area (Å²) in [6.45, 7) is 5.46. The van der Waals surface area contributed by atoms with Crippen LogP contribution in [0.15, 0.2) is 48.5 Å². The number of rotatable bonds is 7. The molecule has 0 bridgehead atoms. The number of hydrogen-bond acceptors (Lipinski definition) is 10. The topological polar surface area (TPSA) is 159 Å². The summed E-state index contributed by atoms with van der Waals surface area (Å²) in [5, 5.41) is 14.8. The summed E-state index contributed by atoms with van der Waals surface area (Å²) in [7, 11) is 0. The van der Waals surface area contributed by atoms with E-state index in [2.05, 4.69) is 25.6 Å². The molecule has 2 aromatic rings. The lowest BCUT2D eigenvalue weighted by Gasteiger charge is -2.59. The van der Waals surface area contributed by atoms with E-state index in [0.29, 0.717) is 43.5 Å². The Morgan fingerprint density at radius 2 is 1.46 bits per heavy atom. The molecule has 248 valence electrons. The molecule has 4 aliphatic heterocycles. The molecule has 46 heavy (non-hydrogen) atoms. The Balaban J connectivity index is 0.00000134. The first-order valence-electron chi connectivity index (χ1n) is 14.7. The Bertz CT molecular complexity index is 1390. The summed E-state index contributed by atoms with van der Waals surface area (Å²) in [6.07, 6.45) is -2.54. The number of carbonyl (C=O) groups is 4. The zero-order valence-corrected chi connectivity index (χ0v) is 24.7. The second kappa shape index (κ2) is 13.6. The van der Waals surface area contributed by atoms with Gasteiger partial charge in [-0.1, -0.05) is 12.1 Å². The van der Waals surface area contributed by atoms with Crippen molar-refractivity contribution in [2.24, 2.45) is 5.92 Å². The van der Waals surface area contributed by atoms with Crippen LogP contribution < -0.4 is 25.4 Å². The van der Waals surface area contributed by atoms with Crippen molar-refractivity contribution >= 4 is 24.3 Å². The number of carboxylic acid groups (broad SMARTS) is 1. The maximum atomic E-state index is 13.5. The molecule has 13 nitrogen and oxygen atoms in total. The van der Waals surface area contributed by atoms with E-state index in [-0.39, 0.29) is 18.0 Å². The number of imide groups is 2. The highest BCUT2D eigenvalue weighted by Gasteiger charge is 2.63. The summed E-state index contributed by atoms with van der Waals surface area (Å²) in [6, 6.07) is 10.2. The molecule has 16 heteroatoms. The fourth-order valence-electron chi connectivity index (χ4n) is 6.45. The van der Waals surface area contributed by atoms with Gasteiger partial charge in [-0.15, -0.1) is 13.2 Å². The quantitative estimate of drug-likeness (QED) is 0.257. The third-order valence-corrected chi connectivity index (χ3v) is 8.41. The largest absolute Gasteiger partial charge is 0.573 e. The Kier molecular flexibility index (Phi) is 9.81. The average molecular weight is 650 g/mol. The van der Waals surface area contributed by atoms with Crippen molar-refractivity contribution in [1.82, 2.24) is 25.8 Å². The Morgan fingerprint density at radius 1 is 0.913 bits per heavy atom. The van der Waals surface area contributed by atoms with Gasteiger partial charge in [0, 0.05) is 32.7 Å². The molecule has 4 N–H and O–H groups in total. The average Bonchev–Trinajstić information content (AvgIpc) is 2.98. The summed E-state index contributed by atoms with van der Waals surface area (Å²) < 4.78 is 53.1. The van der Waals surface area contributed by atoms with Gasteiger partial charge >= 0.3 is 12.4 Å². The van der Waals surface area contributed by atoms with Gasteiger partial charge in [0.05, 0.1) is 6.61 Å². The molecule has 4 heterocycles. The molecular weight excluding hydrogens is 615 g/mol. The molecule has 0 radical (unpaired) electrons. The van der Waals surface area contributed by atoms with Gasteiger partial charge in [0.25, 0.3) is 18.3 Å². The molecule has 4 saturated heterocycles. The van der Waals surface area contributed by atoms with Crippen LogP contribution in [0.1, 0.15) is 18.4 Å². The van der Waals surface area contributed by atoms with Crippen molar-refractivity contribution < 1.29 is 51.7 Å². The second-order valence-electron chi connectivity index (χ2n) is 11.5. The van der Waals surface area contributed by atoms with Crippen LogP contribution in [0.2, 0.25) is 0 Å². The highest BCUT2D eigenvalue weighted by molar-refractivity contribution is 6.22. The maximum absolute atomic E-state index is 13.5. The minimum atomic E-state index is -4.80. The zero-order chi connectivity index (χ0) is 33.0. The van der Waals surface area contributed by atoms with Crippen LogP contribution in [0.25, 0.3) is 0 Å². The molecule has 0 atom stereocenters. The summed E-state index contributed by atoms with van der Waals surface area (Å²) in [5.74, 6) is -0.708. The normalized spacial score (nSPS) is 21.7. The monoisotopic (exact) mass is 649 g/mol. The molecule has 2 aromatic carbocycles. The van der Waals surface area contributed by atoms with Crippen LogP contribution in [-0.4, -0.2) is 104 Å². The first-order chi connectivity index (χ1) is 22.0. The van der Waals surface area contributed by atoms with Crippen LogP contribution in [-0.2, 0) is 24.7 Å². The van der Waals surface area contributed by atoms with E-state index in [9.17, 15) is 27.6 Å². The van der Waals surface area contributed by atoms with Crippen molar-refractivity contribution in [3.05, 3.63) is 54.1 Å². The standard InChI is InChI=1S/C29H32F3N5O6.CH2O2/c30-29(31,32)43-23-7-5-22(6-8-23)42-21-3-1-20(2-4-21)28(24(38)34-26(40)35-25(28)39)37-17-27(18-37)16-36(13-14-41-27)15-19-9-11-33-12-10-19;2-1-3/h1-8,19,33H,9-18H2,(H2,34,35,38,39,40);1H,(H,2,3). The van der Waals surface area contributed by atoms with Gasteiger partial charge in [-0.25, -0.2) is 4.79 Å². The number of morpholine rings is 1. The number of barbiturate groups is 1. The number of hydrogen-bond donors (Lipinski definition) is 4. The van der Waals surface area contributed by atoms with Gasteiger partial charge < -0.3 is 24.6 Å². The Hall–Kier alpha value is -4.25. The highest BCUT2D eigenvalue weighted by Crippen LogP contribution is 2.42. The van der Waals surface area contributed by atoms with Gasteiger partial charge in [0.15, 0.2) is 0 Å². The predicted molar refractivity (Wildman–Crippen MR) is 154 cm³/mol. The Labute approximate surface area is 261 Å². The maximum Gasteiger partial charge on any atom is 0.573 e. The van der Waals surface area contributed by atoms with Crippen molar-refractivity contribution in [2.75, 3.05) is 52.4 Å². The smallest absolute Gasteiger partial charge is 0.483 e. The molecule has 0 saturated carbocycles. The number of carbonyl (C=O) groups excluding carboxylic acids is 3. The van der Waals surface area contributed by atoms with Crippen LogP contribution in [0, 0.1) is 5.92 Å². The van der Waals surface area contributed by atoms with E-state index in [1.165, 1.54) is 12.1 Å². The van der Waals surface area contributed by atoms with Gasteiger partial charge in [0.1, 0.15) is 22.8 Å². The van der Waals surface area contributed by atoms with Crippen molar-refractivity contribution in [2.45, 2.75) is 30.3 Å². The van der Waals surface area contributed by atoms with Crippen molar-refractivity contribution in [3.63, 3.8) is 0 Å². The number of nitrogens with one attached hydrogen (secondary N) is 3. The molecule has 6 rings (SSSR count). The van der Waals surface area contributed by atoms with E-state index in [0.717, 1.165) is 51.2 Å². The van der Waals surface area contributed by atoms with E-state index in [4.69, 9.17) is 19.4 Å². The predicted octanol–water partition coefficient (Wildman–Crippen LogP) is 2.03. The summed E-state index contributed by atoms with van der Waals surface area (Å²) >= 11 is 0. The van der Waals surface area contributed by atoms with Crippen molar-refractivity contribution in [3.8, 4) is 17.2 Å². The number of piperidine rings is 1. The number of nitrogens with zero attached hydrogens (tertiary/aromatic N) is 2. The van der Waals surface area contributed by atoms with Crippen LogP contribution in [0.5, 0.6) is 17.2 Å². The number of alkyl halides is 3. The van der Waals surface area contributed by atoms with E-state index >= 15 is 0 Å². The lowest BCUT2D eigenvalue weighted by atomic mass is 9.78. The second-order valence-corrected chi connectivity index (χ2v) is 11.5. The molecule has 4 fully saturated rings. The number of ether oxygens (including phenoxy) is 3. The fraction of sp³-hybridized carbons (Fsp3) is 0.467. The lowest BCUT2D eigenvalue weighted by Crippen LogP contribution is -2.80. The Morgan fingerprint density at radius 3 is 2.02 bits per heavy atom. The van der Waals surface area contributed by atoms with Gasteiger partial charge in [-0.05, 0) is 73.8 Å². The molecule has 0 aliphatic carbocycles.